The number of para-hydroxylation sites is 1. The van der Waals surface area contributed by atoms with E-state index in [0.717, 1.165) is 29.7 Å². The van der Waals surface area contributed by atoms with Crippen molar-refractivity contribution in [2.75, 3.05) is 36.4 Å². The number of hydrogen-bond acceptors (Lipinski definition) is 5. The third kappa shape index (κ3) is 6.00. The molecular formula is C35H29N3O4. The zero-order valence-electron chi connectivity index (χ0n) is 22.9. The number of anilines is 2. The quantitative estimate of drug-likeness (QED) is 0.203. The summed E-state index contributed by atoms with van der Waals surface area (Å²) >= 11 is 0. The van der Waals surface area contributed by atoms with Gasteiger partial charge in [0.05, 0.1) is 5.56 Å². The number of nitrogens with zero attached hydrogens (tertiary/aromatic N) is 2. The Hall–Kier alpha value is -5.43. The van der Waals surface area contributed by atoms with Crippen LogP contribution in [0.1, 0.15) is 15.9 Å². The van der Waals surface area contributed by atoms with Crippen LogP contribution in [-0.2, 0) is 4.79 Å². The Morgan fingerprint density at radius 3 is 2.19 bits per heavy atom. The molecule has 1 aliphatic rings. The van der Waals surface area contributed by atoms with Gasteiger partial charge in [0.25, 0.3) is 5.91 Å². The highest BCUT2D eigenvalue weighted by Crippen LogP contribution is 2.23. The molecule has 1 saturated heterocycles. The van der Waals surface area contributed by atoms with E-state index in [-0.39, 0.29) is 11.8 Å². The fraction of sp³-hybridized carbons (Fsp3) is 0.114. The molecule has 1 aromatic heterocycles. The lowest BCUT2D eigenvalue weighted by atomic mass is 10.0. The van der Waals surface area contributed by atoms with Crippen LogP contribution in [0, 0.1) is 0 Å². The first-order valence-electron chi connectivity index (χ1n) is 13.9. The van der Waals surface area contributed by atoms with Gasteiger partial charge in [-0.1, -0.05) is 60.7 Å². The summed E-state index contributed by atoms with van der Waals surface area (Å²) in [5.41, 5.74) is 4.46. The second-order valence-corrected chi connectivity index (χ2v) is 10.1. The first kappa shape index (κ1) is 26.8. The minimum Gasteiger partial charge on any atom is -0.422 e. The first-order chi connectivity index (χ1) is 20.5. The van der Waals surface area contributed by atoms with Gasteiger partial charge in [-0.2, -0.15) is 0 Å². The van der Waals surface area contributed by atoms with Crippen molar-refractivity contribution >= 4 is 40.2 Å². The Bertz CT molecular complexity index is 1800. The molecule has 0 bridgehead atoms. The normalized spacial score (nSPS) is 13.4. The molecule has 0 atom stereocenters. The number of carbonyl (C=O) groups is 2. The van der Waals surface area contributed by atoms with E-state index < -0.39 is 5.63 Å². The Balaban J connectivity index is 1.04. The smallest absolute Gasteiger partial charge is 0.344 e. The maximum Gasteiger partial charge on any atom is 0.344 e. The molecule has 0 radical (unpaired) electrons. The van der Waals surface area contributed by atoms with Gasteiger partial charge in [0.1, 0.15) is 5.58 Å². The fourth-order valence-corrected chi connectivity index (χ4v) is 5.05. The lowest BCUT2D eigenvalue weighted by Crippen LogP contribution is -2.48. The van der Waals surface area contributed by atoms with Crippen LogP contribution in [0.2, 0.25) is 0 Å². The van der Waals surface area contributed by atoms with Gasteiger partial charge in [-0.05, 0) is 65.7 Å². The molecule has 1 aliphatic heterocycles. The van der Waals surface area contributed by atoms with Crippen molar-refractivity contribution in [3.63, 3.8) is 0 Å². The minimum atomic E-state index is -0.418. The zero-order valence-corrected chi connectivity index (χ0v) is 22.9. The first-order valence-corrected chi connectivity index (χ1v) is 13.9. The number of hydrogen-bond donors (Lipinski definition) is 1. The number of fused-ring (bicyclic) bond motifs is 1. The standard InChI is InChI=1S/C35H29N3O4/c39-33(19-10-25-6-2-1-3-7-25)38-22-20-37(21-23-38)30-17-15-29(16-18-30)36-34(40)27-13-11-26(12-14-27)31-24-28-8-4-5-9-32(28)42-35(31)41/h1-19,24H,20-23H2,(H,36,40)/b19-10+. The number of amides is 2. The van der Waals surface area contributed by atoms with Crippen molar-refractivity contribution in [2.24, 2.45) is 0 Å². The van der Waals surface area contributed by atoms with Gasteiger partial charge in [-0.15, -0.1) is 0 Å². The fourth-order valence-electron chi connectivity index (χ4n) is 5.05. The van der Waals surface area contributed by atoms with Gasteiger partial charge in [-0.3, -0.25) is 9.59 Å². The summed E-state index contributed by atoms with van der Waals surface area (Å²) < 4.78 is 5.44. The summed E-state index contributed by atoms with van der Waals surface area (Å²) in [7, 11) is 0. The van der Waals surface area contributed by atoms with E-state index in [1.165, 1.54) is 0 Å². The Labute approximate surface area is 243 Å². The van der Waals surface area contributed by atoms with Crippen molar-refractivity contribution in [3.05, 3.63) is 137 Å². The van der Waals surface area contributed by atoms with E-state index in [9.17, 15) is 14.4 Å². The predicted octanol–water partition coefficient (Wildman–Crippen LogP) is 6.07. The van der Waals surface area contributed by atoms with Crippen molar-refractivity contribution < 1.29 is 14.0 Å². The Morgan fingerprint density at radius 2 is 1.45 bits per heavy atom. The molecule has 0 saturated carbocycles. The predicted molar refractivity (Wildman–Crippen MR) is 167 cm³/mol. The van der Waals surface area contributed by atoms with Gasteiger partial charge in [-0.25, -0.2) is 4.79 Å². The lowest BCUT2D eigenvalue weighted by molar-refractivity contribution is -0.126. The number of piperazine rings is 1. The molecule has 4 aromatic carbocycles. The van der Waals surface area contributed by atoms with Gasteiger partial charge in [0.15, 0.2) is 0 Å². The summed E-state index contributed by atoms with van der Waals surface area (Å²) in [4.78, 5) is 42.1. The SMILES string of the molecule is O=C(Nc1ccc(N2CCN(C(=O)/C=C/c3ccccc3)CC2)cc1)c1ccc(-c2cc3ccccc3oc2=O)cc1. The molecule has 0 aliphatic carbocycles. The lowest BCUT2D eigenvalue weighted by Gasteiger charge is -2.35. The van der Waals surface area contributed by atoms with E-state index in [4.69, 9.17) is 4.42 Å². The van der Waals surface area contributed by atoms with Crippen molar-refractivity contribution in [3.8, 4) is 11.1 Å². The monoisotopic (exact) mass is 555 g/mol. The van der Waals surface area contributed by atoms with Crippen LogP contribution in [0.15, 0.2) is 124 Å². The van der Waals surface area contributed by atoms with Crippen LogP contribution >= 0.6 is 0 Å². The number of carbonyl (C=O) groups excluding carboxylic acids is 2. The van der Waals surface area contributed by atoms with Gasteiger partial charge < -0.3 is 19.5 Å². The van der Waals surface area contributed by atoms with Crippen LogP contribution < -0.4 is 15.8 Å². The van der Waals surface area contributed by atoms with E-state index in [0.29, 0.717) is 41.1 Å². The highest BCUT2D eigenvalue weighted by atomic mass is 16.4. The molecular weight excluding hydrogens is 526 g/mol. The molecule has 1 fully saturated rings. The highest BCUT2D eigenvalue weighted by Gasteiger charge is 2.20. The van der Waals surface area contributed by atoms with E-state index in [1.54, 1.807) is 42.5 Å². The summed E-state index contributed by atoms with van der Waals surface area (Å²) in [5.74, 6) is -0.221. The molecule has 1 N–H and O–H groups in total. The number of nitrogens with one attached hydrogen (secondary N) is 1. The minimum absolute atomic E-state index is 0.0188. The van der Waals surface area contributed by atoms with Crippen LogP contribution in [0.4, 0.5) is 11.4 Å². The molecule has 2 heterocycles. The second kappa shape index (κ2) is 12.0. The molecule has 42 heavy (non-hydrogen) atoms. The van der Waals surface area contributed by atoms with Gasteiger partial charge in [0, 0.05) is 54.6 Å². The molecule has 5 aromatic rings. The second-order valence-electron chi connectivity index (χ2n) is 10.1. The van der Waals surface area contributed by atoms with E-state index in [2.05, 4.69) is 10.2 Å². The summed E-state index contributed by atoms with van der Waals surface area (Å²) in [6.07, 6.45) is 3.48. The van der Waals surface area contributed by atoms with Crippen LogP contribution in [0.3, 0.4) is 0 Å². The van der Waals surface area contributed by atoms with Crippen LogP contribution in [-0.4, -0.2) is 42.9 Å². The largest absolute Gasteiger partial charge is 0.422 e. The van der Waals surface area contributed by atoms with Crippen molar-refractivity contribution in [1.29, 1.82) is 0 Å². The Kier molecular flexibility index (Phi) is 7.64. The maximum absolute atomic E-state index is 12.9. The third-order valence-corrected chi connectivity index (χ3v) is 7.40. The van der Waals surface area contributed by atoms with Crippen LogP contribution in [0.25, 0.3) is 28.2 Å². The molecule has 7 nitrogen and oxygen atoms in total. The van der Waals surface area contributed by atoms with E-state index >= 15 is 0 Å². The number of rotatable bonds is 6. The average molecular weight is 556 g/mol. The molecule has 208 valence electrons. The molecule has 0 spiro atoms. The summed E-state index contributed by atoms with van der Waals surface area (Å²) in [6, 6.07) is 33.6. The van der Waals surface area contributed by atoms with Gasteiger partial charge >= 0.3 is 5.63 Å². The third-order valence-electron chi connectivity index (χ3n) is 7.40. The zero-order chi connectivity index (χ0) is 28.9. The molecule has 6 rings (SSSR count). The number of benzene rings is 4. The molecule has 0 unspecified atom stereocenters. The Morgan fingerprint density at radius 1 is 0.762 bits per heavy atom. The average Bonchev–Trinajstić information content (AvgIpc) is 3.04. The summed E-state index contributed by atoms with van der Waals surface area (Å²) in [5, 5.41) is 3.77. The maximum atomic E-state index is 12.9. The van der Waals surface area contributed by atoms with E-state index in [1.807, 2.05) is 83.8 Å². The highest BCUT2D eigenvalue weighted by molar-refractivity contribution is 6.04. The molecule has 2 amide bonds. The van der Waals surface area contributed by atoms with Crippen molar-refractivity contribution in [1.82, 2.24) is 4.90 Å². The van der Waals surface area contributed by atoms with Crippen molar-refractivity contribution in [2.45, 2.75) is 0 Å². The van der Waals surface area contributed by atoms with Gasteiger partial charge in [0.2, 0.25) is 5.91 Å². The van der Waals surface area contributed by atoms with Crippen LogP contribution in [0.5, 0.6) is 0 Å². The topological polar surface area (TPSA) is 82.9 Å². The molecule has 7 heteroatoms. The summed E-state index contributed by atoms with van der Waals surface area (Å²) in [6.45, 7) is 2.76.